The Bertz CT molecular complexity index is 549. The Kier molecular flexibility index (Phi) is 4.77. The fourth-order valence-electron chi connectivity index (χ4n) is 1.95. The Morgan fingerprint density at radius 2 is 1.65 bits per heavy atom. The Morgan fingerprint density at radius 3 is 2.25 bits per heavy atom. The fourth-order valence-corrected chi connectivity index (χ4v) is 1.95. The van der Waals surface area contributed by atoms with Crippen LogP contribution < -0.4 is 5.32 Å². The summed E-state index contributed by atoms with van der Waals surface area (Å²) in [7, 11) is 0. The summed E-state index contributed by atoms with van der Waals surface area (Å²) in [5.74, 6) is -0.419. The van der Waals surface area contributed by atoms with E-state index < -0.39 is 0 Å². The van der Waals surface area contributed by atoms with Gasteiger partial charge in [0.1, 0.15) is 0 Å². The van der Waals surface area contributed by atoms with E-state index in [2.05, 4.69) is 5.32 Å². The first-order valence-corrected chi connectivity index (χ1v) is 6.79. The predicted molar refractivity (Wildman–Crippen MR) is 81.2 cm³/mol. The molecule has 0 aliphatic rings. The van der Waals surface area contributed by atoms with E-state index in [1.54, 1.807) is 0 Å². The molecule has 1 unspecified atom stereocenters. The molecule has 0 amide bonds. The summed E-state index contributed by atoms with van der Waals surface area (Å²) in [4.78, 5) is 11.7. The van der Waals surface area contributed by atoms with Crippen LogP contribution in [0.5, 0.6) is 0 Å². The van der Waals surface area contributed by atoms with E-state index >= 15 is 0 Å². The van der Waals surface area contributed by atoms with Crippen molar-refractivity contribution in [3.63, 3.8) is 0 Å². The van der Waals surface area contributed by atoms with Gasteiger partial charge in [0.25, 0.3) is 0 Å². The first-order valence-electron chi connectivity index (χ1n) is 6.79. The predicted octanol–water partition coefficient (Wildman–Crippen LogP) is 4.10. The van der Waals surface area contributed by atoms with Crippen LogP contribution in [-0.4, -0.2) is 12.6 Å². The molecule has 0 bridgehead atoms. The van der Waals surface area contributed by atoms with Gasteiger partial charge in [-0.3, -0.25) is 4.79 Å². The highest BCUT2D eigenvalue weighted by Gasteiger charge is 2.15. The van der Waals surface area contributed by atoms with Crippen LogP contribution in [0.25, 0.3) is 0 Å². The van der Waals surface area contributed by atoms with Crippen molar-refractivity contribution in [2.24, 2.45) is 0 Å². The highest BCUT2D eigenvalue weighted by atomic mass is 16.5. The Balaban J connectivity index is 2.04. The highest BCUT2D eigenvalue weighted by molar-refractivity contribution is 5.78. The zero-order valence-electron chi connectivity index (χ0n) is 11.8. The van der Waals surface area contributed by atoms with Crippen molar-refractivity contribution in [1.82, 2.24) is 0 Å². The number of benzene rings is 2. The zero-order chi connectivity index (χ0) is 14.4. The number of hydrogen-bond acceptors (Lipinski definition) is 3. The van der Waals surface area contributed by atoms with E-state index in [4.69, 9.17) is 4.74 Å². The highest BCUT2D eigenvalue weighted by Crippen LogP contribution is 2.21. The second-order valence-corrected chi connectivity index (χ2v) is 4.59. The van der Waals surface area contributed by atoms with Crippen LogP contribution in [0.2, 0.25) is 0 Å². The molecule has 3 nitrogen and oxygen atoms in total. The molecular formula is C17H19NO2. The van der Waals surface area contributed by atoms with E-state index in [0.29, 0.717) is 6.61 Å². The molecule has 0 aliphatic carbocycles. The Labute approximate surface area is 119 Å². The van der Waals surface area contributed by atoms with Crippen molar-refractivity contribution < 1.29 is 9.53 Å². The normalized spacial score (nSPS) is 11.7. The molecule has 0 fully saturated rings. The summed E-state index contributed by atoms with van der Waals surface area (Å²) in [6.07, 6.45) is 0. The molecule has 2 aromatic rings. The fraction of sp³-hybridized carbons (Fsp3) is 0.235. The maximum absolute atomic E-state index is 11.7. The number of para-hydroxylation sites is 1. The van der Waals surface area contributed by atoms with E-state index in [-0.39, 0.29) is 11.9 Å². The summed E-state index contributed by atoms with van der Waals surface area (Å²) in [6.45, 7) is 4.09. The van der Waals surface area contributed by atoms with Crippen LogP contribution in [-0.2, 0) is 9.53 Å². The average Bonchev–Trinajstić information content (AvgIpc) is 2.48. The first kappa shape index (κ1) is 14.1. The summed E-state index contributed by atoms with van der Waals surface area (Å²) in [5.41, 5.74) is 3.00. The Morgan fingerprint density at radius 1 is 1.05 bits per heavy atom. The number of nitrogens with one attached hydrogen (secondary N) is 1. The minimum Gasteiger partial charge on any atom is -0.466 e. The van der Waals surface area contributed by atoms with Crippen LogP contribution in [0, 0.1) is 0 Å². The van der Waals surface area contributed by atoms with Crippen molar-refractivity contribution in [2.45, 2.75) is 19.8 Å². The van der Waals surface area contributed by atoms with Gasteiger partial charge < -0.3 is 10.1 Å². The molecule has 0 aromatic heterocycles. The van der Waals surface area contributed by atoms with Crippen LogP contribution in [0.3, 0.4) is 0 Å². The zero-order valence-corrected chi connectivity index (χ0v) is 11.8. The quantitative estimate of drug-likeness (QED) is 0.831. The number of anilines is 2. The third kappa shape index (κ3) is 3.60. The van der Waals surface area contributed by atoms with Crippen LogP contribution in [0.4, 0.5) is 11.4 Å². The van der Waals surface area contributed by atoms with Crippen molar-refractivity contribution in [1.29, 1.82) is 0 Å². The van der Waals surface area contributed by atoms with Crippen LogP contribution in [0.15, 0.2) is 54.6 Å². The monoisotopic (exact) mass is 269 g/mol. The van der Waals surface area contributed by atoms with Gasteiger partial charge in [0.15, 0.2) is 0 Å². The maximum atomic E-state index is 11.7. The second kappa shape index (κ2) is 6.75. The molecule has 0 saturated heterocycles. The van der Waals surface area contributed by atoms with Crippen LogP contribution >= 0.6 is 0 Å². The maximum Gasteiger partial charge on any atom is 0.313 e. The number of esters is 1. The molecule has 2 aromatic carbocycles. The molecule has 3 heteroatoms. The molecule has 0 spiro atoms. The SMILES string of the molecule is CCOC(=O)C(C)c1ccc(Nc2ccccc2)cc1. The van der Waals surface area contributed by atoms with Gasteiger partial charge in [-0.25, -0.2) is 0 Å². The molecular weight excluding hydrogens is 250 g/mol. The van der Waals surface area contributed by atoms with E-state index in [1.807, 2.05) is 68.4 Å². The van der Waals surface area contributed by atoms with Crippen molar-refractivity contribution in [2.75, 3.05) is 11.9 Å². The summed E-state index contributed by atoms with van der Waals surface area (Å²) >= 11 is 0. The standard InChI is InChI=1S/C17H19NO2/c1-3-20-17(19)13(2)14-9-11-16(12-10-14)18-15-7-5-4-6-8-15/h4-13,18H,3H2,1-2H3. The van der Waals surface area contributed by atoms with E-state index in [0.717, 1.165) is 16.9 Å². The number of hydrogen-bond donors (Lipinski definition) is 1. The molecule has 20 heavy (non-hydrogen) atoms. The van der Waals surface area contributed by atoms with Gasteiger partial charge in [0.2, 0.25) is 0 Å². The summed E-state index contributed by atoms with van der Waals surface area (Å²) in [5, 5.41) is 3.31. The molecule has 2 rings (SSSR count). The lowest BCUT2D eigenvalue weighted by Gasteiger charge is -2.12. The van der Waals surface area contributed by atoms with Gasteiger partial charge in [-0.05, 0) is 43.7 Å². The summed E-state index contributed by atoms with van der Waals surface area (Å²) < 4.78 is 5.03. The van der Waals surface area contributed by atoms with Gasteiger partial charge in [0.05, 0.1) is 12.5 Å². The molecule has 104 valence electrons. The molecule has 1 N–H and O–H groups in total. The second-order valence-electron chi connectivity index (χ2n) is 4.59. The largest absolute Gasteiger partial charge is 0.466 e. The smallest absolute Gasteiger partial charge is 0.313 e. The number of rotatable bonds is 5. The third-order valence-electron chi connectivity index (χ3n) is 3.11. The van der Waals surface area contributed by atoms with Crippen LogP contribution in [0.1, 0.15) is 25.3 Å². The first-order chi connectivity index (χ1) is 9.70. The number of ether oxygens (including phenoxy) is 1. The minimum atomic E-state index is -0.235. The molecule has 0 radical (unpaired) electrons. The molecule has 0 aliphatic heterocycles. The van der Waals surface area contributed by atoms with Gasteiger partial charge in [-0.1, -0.05) is 30.3 Å². The van der Waals surface area contributed by atoms with Crippen molar-refractivity contribution in [3.05, 3.63) is 60.2 Å². The van der Waals surface area contributed by atoms with Gasteiger partial charge in [0, 0.05) is 11.4 Å². The molecule has 0 heterocycles. The summed E-state index contributed by atoms with van der Waals surface area (Å²) in [6, 6.07) is 17.8. The Hall–Kier alpha value is -2.29. The van der Waals surface area contributed by atoms with Gasteiger partial charge in [-0.15, -0.1) is 0 Å². The van der Waals surface area contributed by atoms with E-state index in [9.17, 15) is 4.79 Å². The number of carbonyl (C=O) groups is 1. The van der Waals surface area contributed by atoms with Crippen molar-refractivity contribution in [3.8, 4) is 0 Å². The lowest BCUT2D eigenvalue weighted by molar-refractivity contribution is -0.144. The minimum absolute atomic E-state index is 0.184. The number of carbonyl (C=O) groups excluding carboxylic acids is 1. The molecule has 0 saturated carbocycles. The van der Waals surface area contributed by atoms with Gasteiger partial charge >= 0.3 is 5.97 Å². The van der Waals surface area contributed by atoms with Crippen molar-refractivity contribution >= 4 is 17.3 Å². The lowest BCUT2D eigenvalue weighted by Crippen LogP contribution is -2.12. The third-order valence-corrected chi connectivity index (χ3v) is 3.11. The topological polar surface area (TPSA) is 38.3 Å². The van der Waals surface area contributed by atoms with Gasteiger partial charge in [-0.2, -0.15) is 0 Å². The lowest BCUT2D eigenvalue weighted by atomic mass is 10.0. The molecule has 1 atom stereocenters. The average molecular weight is 269 g/mol. The van der Waals surface area contributed by atoms with E-state index in [1.165, 1.54) is 0 Å².